The van der Waals surface area contributed by atoms with Gasteiger partial charge in [0.2, 0.25) is 0 Å². The summed E-state index contributed by atoms with van der Waals surface area (Å²) in [6.07, 6.45) is 4.35. The molecule has 0 aliphatic rings. The third-order valence-corrected chi connectivity index (χ3v) is 2.13. The number of Topliss-reactive ketones (excluding diaryl/α,β-unsaturated/α-hetero) is 1. The number of hydrogen-bond donors (Lipinski definition) is 0. The van der Waals surface area contributed by atoms with Crippen molar-refractivity contribution in [3.8, 4) is 0 Å². The van der Waals surface area contributed by atoms with Crippen LogP contribution >= 0.6 is 0 Å². The number of unbranched alkanes of at least 4 members (excludes halogenated alkanes) is 3. The minimum atomic E-state index is -0.196. The molecule has 0 atom stereocenters. The largest absolute Gasteiger partial charge is 0.299 e. The highest BCUT2D eigenvalue weighted by Crippen LogP contribution is 2.18. The number of carbonyl (C=O) groups is 1. The molecule has 2 heteroatoms. The lowest BCUT2D eigenvalue weighted by atomic mass is 9.88. The number of ketones is 1. The van der Waals surface area contributed by atoms with E-state index in [1.807, 2.05) is 20.8 Å². The molecular weight excluding hydrogens is 164 g/mol. The average Bonchev–Trinajstić information content (AvgIpc) is 2.02. The van der Waals surface area contributed by atoms with E-state index < -0.39 is 0 Å². The van der Waals surface area contributed by atoms with E-state index in [2.05, 4.69) is 0 Å². The van der Waals surface area contributed by atoms with Crippen LogP contribution in [0.25, 0.3) is 0 Å². The molecule has 0 N–H and O–H groups in total. The summed E-state index contributed by atoms with van der Waals surface area (Å²) in [5, 5.41) is 10.1. The van der Waals surface area contributed by atoms with Gasteiger partial charge in [-0.1, -0.05) is 33.6 Å². The summed E-state index contributed by atoms with van der Waals surface area (Å²) >= 11 is 0. The van der Waals surface area contributed by atoms with Crippen LogP contribution in [0.3, 0.4) is 0 Å². The third-order valence-electron chi connectivity index (χ3n) is 2.13. The maximum atomic E-state index is 11.4. The van der Waals surface area contributed by atoms with Crippen molar-refractivity contribution in [3.63, 3.8) is 0 Å². The van der Waals surface area contributed by atoms with Crippen LogP contribution in [0.4, 0.5) is 0 Å². The fraction of sp³-hybridized carbons (Fsp3) is 0.909. The quantitative estimate of drug-likeness (QED) is 0.586. The van der Waals surface area contributed by atoms with Gasteiger partial charge in [-0.3, -0.25) is 4.79 Å². The van der Waals surface area contributed by atoms with Crippen molar-refractivity contribution < 1.29 is 9.90 Å². The Bertz CT molecular complexity index is 145. The van der Waals surface area contributed by atoms with Crippen LogP contribution in [0.1, 0.15) is 52.9 Å². The Morgan fingerprint density at radius 2 is 1.54 bits per heavy atom. The minimum absolute atomic E-state index is 0.0210. The van der Waals surface area contributed by atoms with Gasteiger partial charge in [0.15, 0.2) is 0 Å². The molecule has 0 saturated carbocycles. The number of rotatable bonds is 6. The van der Waals surface area contributed by atoms with Gasteiger partial charge in [-0.15, -0.1) is 0 Å². The molecule has 0 aliphatic carbocycles. The van der Waals surface area contributed by atoms with E-state index in [9.17, 15) is 9.90 Å². The molecule has 13 heavy (non-hydrogen) atoms. The molecule has 0 bridgehead atoms. The summed E-state index contributed by atoms with van der Waals surface area (Å²) in [7, 11) is 0. The van der Waals surface area contributed by atoms with Gasteiger partial charge >= 0.3 is 0 Å². The normalized spacial score (nSPS) is 11.7. The predicted molar refractivity (Wildman–Crippen MR) is 53.1 cm³/mol. The fourth-order valence-corrected chi connectivity index (χ4v) is 1.12. The highest BCUT2D eigenvalue weighted by molar-refractivity contribution is 5.83. The first-order chi connectivity index (χ1) is 5.98. The molecule has 0 rings (SSSR count). The van der Waals surface area contributed by atoms with Gasteiger partial charge in [0, 0.05) is 11.8 Å². The molecule has 77 valence electrons. The highest BCUT2D eigenvalue weighted by Gasteiger charge is 2.19. The van der Waals surface area contributed by atoms with E-state index in [1.54, 1.807) is 0 Å². The molecule has 0 heterocycles. The number of hydrogen-bond acceptors (Lipinski definition) is 1. The predicted octanol–water partition coefficient (Wildman–Crippen LogP) is 2.98. The van der Waals surface area contributed by atoms with E-state index in [4.69, 9.17) is 0 Å². The Morgan fingerprint density at radius 1 is 1.00 bits per heavy atom. The molecule has 0 aromatic heterocycles. The van der Waals surface area contributed by atoms with Crippen LogP contribution in [0, 0.1) is 5.41 Å². The Hall–Kier alpha value is -0.370. The van der Waals surface area contributed by atoms with Gasteiger partial charge < -0.3 is 0 Å². The van der Waals surface area contributed by atoms with Crippen molar-refractivity contribution in [2.45, 2.75) is 52.9 Å². The lowest BCUT2D eigenvalue weighted by molar-refractivity contribution is -0.126. The van der Waals surface area contributed by atoms with E-state index in [0.717, 1.165) is 25.7 Å². The van der Waals surface area contributed by atoms with Crippen LogP contribution in [0.5, 0.6) is 0 Å². The fourth-order valence-electron chi connectivity index (χ4n) is 1.12. The molecule has 2 nitrogen and oxygen atoms in total. The second-order valence-electron chi connectivity index (χ2n) is 4.54. The van der Waals surface area contributed by atoms with E-state index in [-0.39, 0.29) is 12.0 Å². The van der Waals surface area contributed by atoms with Crippen molar-refractivity contribution in [2.24, 2.45) is 5.41 Å². The zero-order chi connectivity index (χ0) is 10.3. The second-order valence-corrected chi connectivity index (χ2v) is 4.54. The lowest BCUT2D eigenvalue weighted by Gasteiger charge is -2.15. The molecule has 0 fully saturated rings. The van der Waals surface area contributed by atoms with Crippen molar-refractivity contribution in [1.29, 1.82) is 0 Å². The Balaban J connectivity index is 3.38. The molecular formula is C11H21O2. The van der Waals surface area contributed by atoms with Crippen LogP contribution in [0.15, 0.2) is 0 Å². The smallest absolute Gasteiger partial charge is 0.138 e. The van der Waals surface area contributed by atoms with Crippen molar-refractivity contribution in [1.82, 2.24) is 0 Å². The highest BCUT2D eigenvalue weighted by atomic mass is 16.2. The first kappa shape index (κ1) is 12.6. The maximum Gasteiger partial charge on any atom is 0.138 e. The zero-order valence-corrected chi connectivity index (χ0v) is 9.06. The lowest BCUT2D eigenvalue weighted by Crippen LogP contribution is -2.19. The zero-order valence-electron chi connectivity index (χ0n) is 9.06. The van der Waals surface area contributed by atoms with E-state index >= 15 is 0 Å². The molecule has 1 radical (unpaired) electrons. The third kappa shape index (κ3) is 6.76. The Morgan fingerprint density at radius 3 is 2.00 bits per heavy atom. The molecule has 0 spiro atoms. The monoisotopic (exact) mass is 185 g/mol. The summed E-state index contributed by atoms with van der Waals surface area (Å²) in [5.74, 6) is 0.328. The SMILES string of the molecule is CC(C)(C)C(=O)CCCCCC[O]. The summed E-state index contributed by atoms with van der Waals surface area (Å²) in [4.78, 5) is 11.4. The standard InChI is InChI=1S/C11H21O2/c1-11(2,3)10(13)8-6-4-5-7-9-12/h4-9H2,1-3H3. The van der Waals surface area contributed by atoms with Gasteiger partial charge in [-0.2, -0.15) is 0 Å². The number of carbonyl (C=O) groups excluding carboxylic acids is 1. The molecule has 0 aromatic rings. The van der Waals surface area contributed by atoms with Crippen LogP contribution in [-0.2, 0) is 9.90 Å². The molecule has 0 aliphatic heterocycles. The summed E-state index contributed by atoms with van der Waals surface area (Å²) in [6, 6.07) is 0. The maximum absolute atomic E-state index is 11.4. The second kappa shape index (κ2) is 6.14. The van der Waals surface area contributed by atoms with E-state index in [0.29, 0.717) is 12.2 Å². The van der Waals surface area contributed by atoms with Crippen molar-refractivity contribution in [3.05, 3.63) is 0 Å². The summed E-state index contributed by atoms with van der Waals surface area (Å²) in [6.45, 7) is 5.88. The topological polar surface area (TPSA) is 37.0 Å². The Labute approximate surface area is 81.3 Å². The van der Waals surface area contributed by atoms with Gasteiger partial charge in [0.1, 0.15) is 5.78 Å². The summed E-state index contributed by atoms with van der Waals surface area (Å²) < 4.78 is 0. The molecule has 0 unspecified atom stereocenters. The Kier molecular flexibility index (Phi) is 5.97. The van der Waals surface area contributed by atoms with E-state index in [1.165, 1.54) is 0 Å². The van der Waals surface area contributed by atoms with Gasteiger partial charge in [-0.05, 0) is 12.8 Å². The van der Waals surface area contributed by atoms with Crippen LogP contribution in [-0.4, -0.2) is 12.4 Å². The van der Waals surface area contributed by atoms with Gasteiger partial charge in [0.25, 0.3) is 0 Å². The van der Waals surface area contributed by atoms with Crippen molar-refractivity contribution >= 4 is 5.78 Å². The van der Waals surface area contributed by atoms with Gasteiger partial charge in [-0.25, -0.2) is 5.11 Å². The average molecular weight is 185 g/mol. The molecule has 0 aromatic carbocycles. The van der Waals surface area contributed by atoms with Crippen molar-refractivity contribution in [2.75, 3.05) is 6.61 Å². The summed E-state index contributed by atoms with van der Waals surface area (Å²) in [5.41, 5.74) is -0.196. The molecule has 0 saturated heterocycles. The first-order valence-corrected chi connectivity index (χ1v) is 5.10. The molecule has 0 amide bonds. The first-order valence-electron chi connectivity index (χ1n) is 5.10. The van der Waals surface area contributed by atoms with Crippen LogP contribution < -0.4 is 0 Å². The van der Waals surface area contributed by atoms with Crippen LogP contribution in [0.2, 0.25) is 0 Å². The minimum Gasteiger partial charge on any atom is -0.299 e. The van der Waals surface area contributed by atoms with Gasteiger partial charge in [0.05, 0.1) is 6.61 Å².